The molecule has 1 fully saturated rings. The van der Waals surface area contributed by atoms with Gasteiger partial charge in [-0.05, 0) is 55.3 Å². The van der Waals surface area contributed by atoms with Crippen LogP contribution in [-0.4, -0.2) is 50.9 Å². The van der Waals surface area contributed by atoms with E-state index in [9.17, 15) is 13.5 Å². The highest BCUT2D eigenvalue weighted by Gasteiger charge is 2.12. The largest absolute Gasteiger partial charge is 0.508 e. The second-order valence-corrected chi connectivity index (χ2v) is 7.90. The van der Waals surface area contributed by atoms with Crippen molar-refractivity contribution in [3.63, 3.8) is 0 Å². The summed E-state index contributed by atoms with van der Waals surface area (Å²) in [6, 6.07) is 12.8. The predicted molar refractivity (Wildman–Crippen MR) is 99.0 cm³/mol. The number of hydrogen-bond donors (Lipinski definition) is 1. The number of aromatic hydroxyl groups is 1. The van der Waals surface area contributed by atoms with Crippen LogP contribution in [0.3, 0.4) is 0 Å². The lowest BCUT2D eigenvalue weighted by Crippen LogP contribution is -2.25. The van der Waals surface area contributed by atoms with Crippen LogP contribution in [0.15, 0.2) is 36.4 Å². The maximum atomic E-state index is 11.2. The molecule has 1 radical (unpaired) electrons. The van der Waals surface area contributed by atoms with Crippen LogP contribution in [0.25, 0.3) is 11.1 Å². The van der Waals surface area contributed by atoms with E-state index in [1.165, 1.54) is 18.9 Å². The molecule has 0 amide bonds. The maximum Gasteiger partial charge on any atom is 0.306 e. The lowest BCUT2D eigenvalue weighted by Gasteiger charge is -2.15. The zero-order valence-electron chi connectivity index (χ0n) is 14.6. The van der Waals surface area contributed by atoms with Gasteiger partial charge in [0.1, 0.15) is 23.9 Å². The van der Waals surface area contributed by atoms with Crippen molar-refractivity contribution in [2.45, 2.75) is 12.8 Å². The SMILES string of the molecule is CS(=O)(=O)Oc1ccc(-c2[c]c(OCCN3CCCC3)cc(O)c2)cc1. The van der Waals surface area contributed by atoms with Crippen LogP contribution in [0.2, 0.25) is 0 Å². The first-order valence-electron chi connectivity index (χ1n) is 8.50. The third-order valence-electron chi connectivity index (χ3n) is 4.11. The molecule has 7 heteroatoms. The van der Waals surface area contributed by atoms with Crippen molar-refractivity contribution in [3.05, 3.63) is 42.5 Å². The van der Waals surface area contributed by atoms with Gasteiger partial charge in [-0.2, -0.15) is 8.42 Å². The highest BCUT2D eigenvalue weighted by atomic mass is 32.2. The summed E-state index contributed by atoms with van der Waals surface area (Å²) >= 11 is 0. The van der Waals surface area contributed by atoms with Crippen molar-refractivity contribution in [3.8, 4) is 28.4 Å². The van der Waals surface area contributed by atoms with Gasteiger partial charge in [0.2, 0.25) is 0 Å². The molecule has 2 aromatic rings. The summed E-state index contributed by atoms with van der Waals surface area (Å²) in [5.41, 5.74) is 1.43. The molecule has 1 aliphatic rings. The van der Waals surface area contributed by atoms with Crippen LogP contribution < -0.4 is 8.92 Å². The van der Waals surface area contributed by atoms with Gasteiger partial charge in [0, 0.05) is 18.7 Å². The molecular weight excluding hydrogens is 354 g/mol. The normalized spacial score (nSPS) is 15.1. The molecule has 26 heavy (non-hydrogen) atoms. The molecule has 6 nitrogen and oxygen atoms in total. The monoisotopic (exact) mass is 376 g/mol. The fourth-order valence-electron chi connectivity index (χ4n) is 2.92. The number of phenolic OH excluding ortho intramolecular Hbond substituents is 1. The fraction of sp³-hybridized carbons (Fsp3) is 0.368. The minimum Gasteiger partial charge on any atom is -0.508 e. The molecule has 139 valence electrons. The van der Waals surface area contributed by atoms with Crippen molar-refractivity contribution in [1.82, 2.24) is 4.90 Å². The fourth-order valence-corrected chi connectivity index (χ4v) is 3.38. The van der Waals surface area contributed by atoms with Crippen molar-refractivity contribution in [1.29, 1.82) is 0 Å². The van der Waals surface area contributed by atoms with Crippen molar-refractivity contribution < 1.29 is 22.4 Å². The van der Waals surface area contributed by atoms with Crippen LogP contribution in [0, 0.1) is 6.07 Å². The van der Waals surface area contributed by atoms with Gasteiger partial charge in [-0.3, -0.25) is 4.90 Å². The molecule has 1 N–H and O–H groups in total. The van der Waals surface area contributed by atoms with E-state index in [1.807, 2.05) is 0 Å². The van der Waals surface area contributed by atoms with Gasteiger partial charge in [0.25, 0.3) is 0 Å². The first-order valence-corrected chi connectivity index (χ1v) is 10.3. The summed E-state index contributed by atoms with van der Waals surface area (Å²) in [5, 5.41) is 9.96. The van der Waals surface area contributed by atoms with Crippen LogP contribution in [0.4, 0.5) is 0 Å². The number of nitrogens with zero attached hydrogens (tertiary/aromatic N) is 1. The second-order valence-electron chi connectivity index (χ2n) is 6.33. The van der Waals surface area contributed by atoms with Gasteiger partial charge in [-0.15, -0.1) is 0 Å². The Bertz CT molecular complexity index is 843. The molecule has 0 unspecified atom stereocenters. The molecule has 0 aliphatic carbocycles. The van der Waals surface area contributed by atoms with Gasteiger partial charge in [-0.25, -0.2) is 0 Å². The average molecular weight is 376 g/mol. The molecule has 1 saturated heterocycles. The standard InChI is InChI=1S/C19H22NO5S/c1-26(22,23)25-18-6-4-15(5-7-18)16-12-17(21)14-19(13-16)24-11-10-20-8-2-3-9-20/h4-7,12,14,21H,2-3,8-11H2,1H3. The van der Waals surface area contributed by atoms with Gasteiger partial charge in [-0.1, -0.05) is 12.1 Å². The number of rotatable bonds is 7. The van der Waals surface area contributed by atoms with E-state index in [4.69, 9.17) is 8.92 Å². The molecular formula is C19H22NO5S. The van der Waals surface area contributed by atoms with Crippen LogP contribution in [-0.2, 0) is 10.1 Å². The Hall–Kier alpha value is -2.25. The van der Waals surface area contributed by atoms with E-state index in [2.05, 4.69) is 11.0 Å². The summed E-state index contributed by atoms with van der Waals surface area (Å²) in [6.07, 6.45) is 3.47. The van der Waals surface area contributed by atoms with Crippen molar-refractivity contribution in [2.75, 3.05) is 32.5 Å². The van der Waals surface area contributed by atoms with Gasteiger partial charge >= 0.3 is 10.1 Å². The van der Waals surface area contributed by atoms with Crippen molar-refractivity contribution >= 4 is 10.1 Å². The Kier molecular flexibility index (Phi) is 5.68. The molecule has 0 spiro atoms. The highest BCUT2D eigenvalue weighted by Crippen LogP contribution is 2.30. The first kappa shape index (κ1) is 18.5. The van der Waals surface area contributed by atoms with E-state index in [-0.39, 0.29) is 11.5 Å². The lowest BCUT2D eigenvalue weighted by atomic mass is 10.1. The third-order valence-corrected chi connectivity index (χ3v) is 4.60. The summed E-state index contributed by atoms with van der Waals surface area (Å²) in [6.45, 7) is 3.62. The quantitative estimate of drug-likeness (QED) is 0.749. The number of phenols is 1. The van der Waals surface area contributed by atoms with Gasteiger partial charge < -0.3 is 14.0 Å². The summed E-state index contributed by atoms with van der Waals surface area (Å²) in [5.74, 6) is 0.806. The average Bonchev–Trinajstić information content (AvgIpc) is 3.07. The van der Waals surface area contributed by atoms with Crippen LogP contribution >= 0.6 is 0 Å². The van der Waals surface area contributed by atoms with E-state index in [0.29, 0.717) is 17.9 Å². The topological polar surface area (TPSA) is 76.1 Å². The Balaban J connectivity index is 1.68. The molecule has 2 aromatic carbocycles. The molecule has 3 rings (SSSR count). The van der Waals surface area contributed by atoms with Crippen LogP contribution in [0.5, 0.6) is 17.2 Å². The second kappa shape index (κ2) is 7.97. The number of benzene rings is 2. The highest BCUT2D eigenvalue weighted by molar-refractivity contribution is 7.86. The Morgan fingerprint density at radius 2 is 1.85 bits per heavy atom. The summed E-state index contributed by atoms with van der Waals surface area (Å²) in [7, 11) is -3.56. The lowest BCUT2D eigenvalue weighted by molar-refractivity contribution is 0.237. The Morgan fingerprint density at radius 3 is 2.50 bits per heavy atom. The Labute approximate surface area is 154 Å². The molecule has 1 heterocycles. The smallest absolute Gasteiger partial charge is 0.306 e. The zero-order valence-corrected chi connectivity index (χ0v) is 15.5. The Morgan fingerprint density at radius 1 is 1.15 bits per heavy atom. The molecule has 0 saturated carbocycles. The maximum absolute atomic E-state index is 11.2. The third kappa shape index (κ3) is 5.37. The minimum absolute atomic E-state index is 0.0892. The number of likely N-dealkylation sites (tertiary alicyclic amines) is 1. The van der Waals surface area contributed by atoms with Gasteiger partial charge in [0.15, 0.2) is 0 Å². The number of ether oxygens (including phenoxy) is 1. The van der Waals surface area contributed by atoms with E-state index in [0.717, 1.165) is 31.5 Å². The minimum atomic E-state index is -3.56. The van der Waals surface area contributed by atoms with E-state index >= 15 is 0 Å². The zero-order chi connectivity index (χ0) is 18.6. The summed E-state index contributed by atoms with van der Waals surface area (Å²) in [4.78, 5) is 2.35. The van der Waals surface area contributed by atoms with E-state index < -0.39 is 10.1 Å². The molecule has 0 atom stereocenters. The molecule has 0 bridgehead atoms. The van der Waals surface area contributed by atoms with Gasteiger partial charge in [0.05, 0.1) is 6.26 Å². The molecule has 1 aliphatic heterocycles. The predicted octanol–water partition coefficient (Wildman–Crippen LogP) is 2.67. The van der Waals surface area contributed by atoms with Crippen molar-refractivity contribution in [2.24, 2.45) is 0 Å². The summed E-state index contributed by atoms with van der Waals surface area (Å²) < 4.78 is 32.9. The van der Waals surface area contributed by atoms with E-state index in [1.54, 1.807) is 30.3 Å². The first-order chi connectivity index (χ1) is 12.4. The van der Waals surface area contributed by atoms with Crippen LogP contribution in [0.1, 0.15) is 12.8 Å². The molecule has 0 aromatic heterocycles. The number of hydrogen-bond acceptors (Lipinski definition) is 6.